The number of amides is 1. The molecule has 21 heavy (non-hydrogen) atoms. The van der Waals surface area contributed by atoms with E-state index in [0.29, 0.717) is 19.1 Å². The number of rotatable bonds is 6. The highest BCUT2D eigenvalue weighted by molar-refractivity contribution is 5.78. The lowest BCUT2D eigenvalue weighted by atomic mass is 9.78. The summed E-state index contributed by atoms with van der Waals surface area (Å²) in [5.74, 6) is 0.854. The van der Waals surface area contributed by atoms with Crippen molar-refractivity contribution >= 4 is 5.91 Å². The molecule has 0 aromatic heterocycles. The van der Waals surface area contributed by atoms with Crippen LogP contribution in [-0.2, 0) is 4.79 Å². The molecule has 0 aromatic carbocycles. The number of aliphatic hydroxyl groups is 1. The summed E-state index contributed by atoms with van der Waals surface area (Å²) >= 11 is 0. The molecular weight excluding hydrogens is 264 g/mol. The Morgan fingerprint density at radius 3 is 2.43 bits per heavy atom. The molecular formula is C17H32N2O2. The largest absolute Gasteiger partial charge is 0.389 e. The topological polar surface area (TPSA) is 61.4 Å². The van der Waals surface area contributed by atoms with E-state index in [9.17, 15) is 9.90 Å². The highest BCUT2D eigenvalue weighted by Crippen LogP contribution is 2.33. The second kappa shape index (κ2) is 8.14. The SMILES string of the molecule is CCC1CCC(O)(CNCC(=O)NC2CCCCC2)CC1. The van der Waals surface area contributed by atoms with Crippen molar-refractivity contribution in [3.05, 3.63) is 0 Å². The van der Waals surface area contributed by atoms with Crippen molar-refractivity contribution < 1.29 is 9.90 Å². The van der Waals surface area contributed by atoms with Gasteiger partial charge in [0, 0.05) is 12.6 Å². The van der Waals surface area contributed by atoms with Crippen LogP contribution in [0.5, 0.6) is 0 Å². The standard InChI is InChI=1S/C17H32N2O2/c1-2-14-8-10-17(21,11-9-14)13-18-12-16(20)19-15-6-4-3-5-7-15/h14-15,18,21H,2-13H2,1H3,(H,19,20). The molecule has 4 nitrogen and oxygen atoms in total. The fourth-order valence-electron chi connectivity index (χ4n) is 3.73. The molecule has 0 unspecified atom stereocenters. The van der Waals surface area contributed by atoms with Crippen LogP contribution in [0.2, 0.25) is 0 Å². The molecule has 122 valence electrons. The summed E-state index contributed by atoms with van der Waals surface area (Å²) in [6.07, 6.45) is 11.2. The molecule has 0 atom stereocenters. The minimum Gasteiger partial charge on any atom is -0.389 e. The highest BCUT2D eigenvalue weighted by Gasteiger charge is 2.32. The van der Waals surface area contributed by atoms with Gasteiger partial charge in [0.2, 0.25) is 5.91 Å². The predicted molar refractivity (Wildman–Crippen MR) is 85.1 cm³/mol. The molecule has 0 heterocycles. The maximum atomic E-state index is 11.9. The van der Waals surface area contributed by atoms with Crippen molar-refractivity contribution in [3.63, 3.8) is 0 Å². The van der Waals surface area contributed by atoms with Gasteiger partial charge in [0.15, 0.2) is 0 Å². The average molecular weight is 296 g/mol. The summed E-state index contributed by atoms with van der Waals surface area (Å²) in [6, 6.07) is 0.371. The number of hydrogen-bond donors (Lipinski definition) is 3. The third kappa shape index (κ3) is 5.59. The number of hydrogen-bond acceptors (Lipinski definition) is 3. The van der Waals surface area contributed by atoms with E-state index in [4.69, 9.17) is 0 Å². The molecule has 0 aromatic rings. The van der Waals surface area contributed by atoms with E-state index in [-0.39, 0.29) is 5.91 Å². The van der Waals surface area contributed by atoms with Gasteiger partial charge in [0.05, 0.1) is 12.1 Å². The zero-order valence-corrected chi connectivity index (χ0v) is 13.5. The Kier molecular flexibility index (Phi) is 6.49. The van der Waals surface area contributed by atoms with Gasteiger partial charge >= 0.3 is 0 Å². The van der Waals surface area contributed by atoms with Crippen molar-refractivity contribution in [2.45, 2.75) is 82.8 Å². The third-order valence-electron chi connectivity index (χ3n) is 5.32. The van der Waals surface area contributed by atoms with Crippen LogP contribution in [0, 0.1) is 5.92 Å². The zero-order chi connectivity index (χ0) is 15.1. The van der Waals surface area contributed by atoms with Crippen molar-refractivity contribution in [2.75, 3.05) is 13.1 Å². The summed E-state index contributed by atoms with van der Waals surface area (Å²) in [6.45, 7) is 3.10. The van der Waals surface area contributed by atoms with Crippen LogP contribution in [0.4, 0.5) is 0 Å². The van der Waals surface area contributed by atoms with Crippen molar-refractivity contribution in [2.24, 2.45) is 5.92 Å². The molecule has 0 spiro atoms. The summed E-state index contributed by atoms with van der Waals surface area (Å²) < 4.78 is 0. The normalized spacial score (nSPS) is 31.0. The average Bonchev–Trinajstić information content (AvgIpc) is 2.49. The molecule has 2 saturated carbocycles. The zero-order valence-electron chi connectivity index (χ0n) is 13.5. The van der Waals surface area contributed by atoms with Gasteiger partial charge in [-0.1, -0.05) is 32.6 Å². The summed E-state index contributed by atoms with van der Waals surface area (Å²) in [4.78, 5) is 11.9. The van der Waals surface area contributed by atoms with Gasteiger partial charge in [0.1, 0.15) is 0 Å². The molecule has 1 amide bonds. The van der Waals surface area contributed by atoms with E-state index in [1.807, 2.05) is 0 Å². The molecule has 0 aliphatic heterocycles. The van der Waals surface area contributed by atoms with E-state index in [2.05, 4.69) is 17.6 Å². The number of nitrogens with one attached hydrogen (secondary N) is 2. The minimum absolute atomic E-state index is 0.0766. The summed E-state index contributed by atoms with van der Waals surface area (Å²) in [7, 11) is 0. The van der Waals surface area contributed by atoms with Gasteiger partial charge < -0.3 is 15.7 Å². The predicted octanol–water partition coefficient (Wildman–Crippen LogP) is 2.36. The fourth-order valence-corrected chi connectivity index (χ4v) is 3.73. The first-order valence-electron chi connectivity index (χ1n) is 8.84. The number of carbonyl (C=O) groups excluding carboxylic acids is 1. The van der Waals surface area contributed by atoms with E-state index >= 15 is 0 Å². The maximum Gasteiger partial charge on any atom is 0.234 e. The molecule has 0 saturated heterocycles. The Balaban J connectivity index is 1.61. The molecule has 2 aliphatic carbocycles. The lowest BCUT2D eigenvalue weighted by Crippen LogP contribution is -2.47. The van der Waals surface area contributed by atoms with E-state index in [1.54, 1.807) is 0 Å². The molecule has 2 aliphatic rings. The molecule has 3 N–H and O–H groups in total. The minimum atomic E-state index is -0.600. The second-order valence-corrected chi connectivity index (χ2v) is 7.08. The molecule has 0 radical (unpaired) electrons. The Morgan fingerprint density at radius 2 is 1.81 bits per heavy atom. The van der Waals surface area contributed by atoms with Gasteiger partial charge in [-0.25, -0.2) is 0 Å². The third-order valence-corrected chi connectivity index (χ3v) is 5.32. The number of carbonyl (C=O) groups is 1. The molecule has 4 heteroatoms. The highest BCUT2D eigenvalue weighted by atomic mass is 16.3. The second-order valence-electron chi connectivity index (χ2n) is 7.08. The summed E-state index contributed by atoms with van der Waals surface area (Å²) in [5.41, 5.74) is -0.600. The van der Waals surface area contributed by atoms with Gasteiger partial charge in [-0.05, 0) is 44.4 Å². The quantitative estimate of drug-likeness (QED) is 0.705. The monoisotopic (exact) mass is 296 g/mol. The lowest BCUT2D eigenvalue weighted by molar-refractivity contribution is -0.121. The Hall–Kier alpha value is -0.610. The lowest BCUT2D eigenvalue weighted by Gasteiger charge is -2.36. The van der Waals surface area contributed by atoms with Crippen LogP contribution in [0.3, 0.4) is 0 Å². The smallest absolute Gasteiger partial charge is 0.234 e. The first-order chi connectivity index (χ1) is 10.1. The summed E-state index contributed by atoms with van der Waals surface area (Å²) in [5, 5.41) is 16.8. The molecule has 0 bridgehead atoms. The molecule has 2 rings (SSSR count). The fraction of sp³-hybridized carbons (Fsp3) is 0.941. The van der Waals surface area contributed by atoms with Crippen molar-refractivity contribution in [1.29, 1.82) is 0 Å². The Labute approximate surface area is 129 Å². The Bertz CT molecular complexity index is 319. The van der Waals surface area contributed by atoms with Crippen LogP contribution in [-0.4, -0.2) is 35.7 Å². The molecule has 2 fully saturated rings. The first-order valence-corrected chi connectivity index (χ1v) is 8.84. The van der Waals surface area contributed by atoms with Gasteiger partial charge in [-0.15, -0.1) is 0 Å². The Morgan fingerprint density at radius 1 is 1.14 bits per heavy atom. The van der Waals surface area contributed by atoms with Crippen LogP contribution >= 0.6 is 0 Å². The van der Waals surface area contributed by atoms with Crippen LogP contribution < -0.4 is 10.6 Å². The van der Waals surface area contributed by atoms with Gasteiger partial charge in [0.25, 0.3) is 0 Å². The van der Waals surface area contributed by atoms with Crippen molar-refractivity contribution in [1.82, 2.24) is 10.6 Å². The van der Waals surface area contributed by atoms with Crippen molar-refractivity contribution in [3.8, 4) is 0 Å². The van der Waals surface area contributed by atoms with Crippen LogP contribution in [0.15, 0.2) is 0 Å². The van der Waals surface area contributed by atoms with Crippen LogP contribution in [0.1, 0.15) is 71.1 Å². The van der Waals surface area contributed by atoms with Gasteiger partial charge in [-0.2, -0.15) is 0 Å². The van der Waals surface area contributed by atoms with E-state index in [1.165, 1.54) is 25.7 Å². The van der Waals surface area contributed by atoms with Gasteiger partial charge in [-0.3, -0.25) is 4.79 Å². The maximum absolute atomic E-state index is 11.9. The van der Waals surface area contributed by atoms with Crippen LogP contribution in [0.25, 0.3) is 0 Å². The van der Waals surface area contributed by atoms with E-state index in [0.717, 1.165) is 44.4 Å². The van der Waals surface area contributed by atoms with E-state index < -0.39 is 5.60 Å². The first kappa shape index (κ1) is 16.8.